The molecule has 128 valence electrons. The van der Waals surface area contributed by atoms with Crippen LogP contribution >= 0.6 is 0 Å². The summed E-state index contributed by atoms with van der Waals surface area (Å²) in [5.41, 5.74) is 0.942. The third-order valence-electron chi connectivity index (χ3n) is 4.53. The van der Waals surface area contributed by atoms with Crippen molar-refractivity contribution in [2.45, 2.75) is 19.4 Å². The first kappa shape index (κ1) is 16.7. The lowest BCUT2D eigenvalue weighted by atomic mass is 9.99. The lowest BCUT2D eigenvalue weighted by Crippen LogP contribution is -2.41. The van der Waals surface area contributed by atoms with Crippen LogP contribution in [0.1, 0.15) is 12.8 Å². The molecule has 1 saturated heterocycles. The summed E-state index contributed by atoms with van der Waals surface area (Å²) >= 11 is 0. The summed E-state index contributed by atoms with van der Waals surface area (Å²) in [5, 5.41) is 6.32. The summed E-state index contributed by atoms with van der Waals surface area (Å²) in [4.78, 5) is 14.3. The Bertz CT molecular complexity index is 849. The molecule has 0 aliphatic carbocycles. The Morgan fingerprint density at radius 2 is 2.00 bits per heavy atom. The fourth-order valence-electron chi connectivity index (χ4n) is 3.13. The number of likely N-dealkylation sites (tertiary alicyclic amines) is 1. The highest BCUT2D eigenvalue weighted by molar-refractivity contribution is 7.94. The number of nitrogens with zero attached hydrogens (tertiary/aromatic N) is 3. The van der Waals surface area contributed by atoms with Crippen molar-refractivity contribution >= 4 is 26.6 Å². The molecular formula is C17H21N3O3S. The van der Waals surface area contributed by atoms with Gasteiger partial charge in [0.05, 0.1) is 17.5 Å². The fraction of sp³-hybridized carbons (Fsp3) is 0.412. The van der Waals surface area contributed by atoms with Gasteiger partial charge in [-0.05, 0) is 24.8 Å². The molecule has 7 heteroatoms. The number of para-hydroxylation sites is 1. The zero-order valence-electron chi connectivity index (χ0n) is 13.5. The van der Waals surface area contributed by atoms with Gasteiger partial charge in [-0.1, -0.05) is 24.8 Å². The normalized spacial score (nSPS) is 16.4. The summed E-state index contributed by atoms with van der Waals surface area (Å²) in [6.07, 6.45) is 3.17. The molecule has 2 heterocycles. The average Bonchev–Trinajstić information content (AvgIpc) is 2.98. The molecule has 1 aliphatic rings. The van der Waals surface area contributed by atoms with E-state index in [0.717, 1.165) is 16.3 Å². The van der Waals surface area contributed by atoms with E-state index >= 15 is 0 Å². The van der Waals surface area contributed by atoms with Crippen LogP contribution in [0.5, 0.6) is 0 Å². The number of rotatable bonds is 5. The highest BCUT2D eigenvalue weighted by Gasteiger charge is 2.25. The monoisotopic (exact) mass is 347 g/mol. The molecular weight excluding hydrogens is 326 g/mol. The van der Waals surface area contributed by atoms with Gasteiger partial charge in [-0.2, -0.15) is 5.10 Å². The van der Waals surface area contributed by atoms with Gasteiger partial charge in [0.25, 0.3) is 0 Å². The summed E-state index contributed by atoms with van der Waals surface area (Å²) in [6, 6.07) is 7.78. The first-order valence-electron chi connectivity index (χ1n) is 8.02. The van der Waals surface area contributed by atoms with Gasteiger partial charge in [-0.15, -0.1) is 0 Å². The summed E-state index contributed by atoms with van der Waals surface area (Å²) in [7, 11) is -3.18. The molecule has 0 atom stereocenters. The molecule has 1 aliphatic heterocycles. The van der Waals surface area contributed by atoms with E-state index in [1.807, 2.05) is 24.3 Å². The minimum absolute atomic E-state index is 0.0221. The van der Waals surface area contributed by atoms with Crippen molar-refractivity contribution in [2.75, 3.05) is 18.8 Å². The van der Waals surface area contributed by atoms with Crippen molar-refractivity contribution in [3.8, 4) is 0 Å². The molecule has 0 spiro atoms. The maximum Gasteiger partial charge on any atom is 0.244 e. The zero-order valence-corrected chi connectivity index (χ0v) is 14.3. The van der Waals surface area contributed by atoms with Gasteiger partial charge in [-0.25, -0.2) is 8.42 Å². The average molecular weight is 347 g/mol. The fourth-order valence-corrected chi connectivity index (χ4v) is 4.25. The Balaban J connectivity index is 1.58. The van der Waals surface area contributed by atoms with Gasteiger partial charge in [0.2, 0.25) is 5.91 Å². The third-order valence-corrected chi connectivity index (χ3v) is 5.97. The number of hydrogen-bond acceptors (Lipinski definition) is 4. The second kappa shape index (κ2) is 6.76. The summed E-state index contributed by atoms with van der Waals surface area (Å²) in [5.74, 6) is 0.249. The summed E-state index contributed by atoms with van der Waals surface area (Å²) < 4.78 is 24.9. The predicted octanol–water partition coefficient (Wildman–Crippen LogP) is 1.83. The molecule has 1 aromatic carbocycles. The SMILES string of the molecule is C=CS(=O)(=O)CC1CCN(C(=O)Cn2ncc3ccccc32)CC1. The van der Waals surface area contributed by atoms with Gasteiger partial charge in [0.1, 0.15) is 6.54 Å². The summed E-state index contributed by atoms with van der Waals surface area (Å²) in [6.45, 7) is 4.74. The zero-order chi connectivity index (χ0) is 17.2. The highest BCUT2D eigenvalue weighted by Crippen LogP contribution is 2.20. The molecule has 3 rings (SSSR count). The second-order valence-electron chi connectivity index (χ2n) is 6.18. The van der Waals surface area contributed by atoms with Gasteiger partial charge in [0.15, 0.2) is 9.84 Å². The van der Waals surface area contributed by atoms with Crippen molar-refractivity contribution in [2.24, 2.45) is 5.92 Å². The molecule has 1 aromatic heterocycles. The Kier molecular flexibility index (Phi) is 4.71. The van der Waals surface area contributed by atoms with Crippen LogP contribution in [0.15, 0.2) is 42.4 Å². The largest absolute Gasteiger partial charge is 0.341 e. The van der Waals surface area contributed by atoms with Gasteiger partial charge in [-0.3, -0.25) is 9.48 Å². The quantitative estimate of drug-likeness (QED) is 0.827. The minimum atomic E-state index is -3.18. The van der Waals surface area contributed by atoms with Crippen LogP contribution in [0, 0.1) is 5.92 Å². The minimum Gasteiger partial charge on any atom is -0.341 e. The van der Waals surface area contributed by atoms with Crippen LogP contribution in [0.4, 0.5) is 0 Å². The maximum atomic E-state index is 12.5. The van der Waals surface area contributed by atoms with E-state index in [-0.39, 0.29) is 24.1 Å². The van der Waals surface area contributed by atoms with Crippen molar-refractivity contribution < 1.29 is 13.2 Å². The molecule has 0 saturated carbocycles. The van der Waals surface area contributed by atoms with E-state index in [1.165, 1.54) is 0 Å². The van der Waals surface area contributed by atoms with Crippen LogP contribution < -0.4 is 0 Å². The van der Waals surface area contributed by atoms with E-state index in [1.54, 1.807) is 15.8 Å². The number of sulfone groups is 1. The number of carbonyl (C=O) groups excluding carboxylic acids is 1. The molecule has 6 nitrogen and oxygen atoms in total. The van der Waals surface area contributed by atoms with Gasteiger partial charge >= 0.3 is 0 Å². The van der Waals surface area contributed by atoms with Gasteiger partial charge in [0, 0.05) is 23.9 Å². The van der Waals surface area contributed by atoms with Crippen LogP contribution in [-0.4, -0.2) is 47.8 Å². The van der Waals surface area contributed by atoms with Crippen molar-refractivity contribution in [1.82, 2.24) is 14.7 Å². The van der Waals surface area contributed by atoms with E-state index in [4.69, 9.17) is 0 Å². The molecule has 1 amide bonds. The second-order valence-corrected chi connectivity index (χ2v) is 8.17. The van der Waals surface area contributed by atoms with Crippen LogP contribution in [0.3, 0.4) is 0 Å². The topological polar surface area (TPSA) is 72.3 Å². The van der Waals surface area contributed by atoms with E-state index < -0.39 is 9.84 Å². The molecule has 0 bridgehead atoms. The van der Waals surface area contributed by atoms with E-state index in [9.17, 15) is 13.2 Å². The smallest absolute Gasteiger partial charge is 0.244 e. The first-order chi connectivity index (χ1) is 11.5. The van der Waals surface area contributed by atoms with E-state index in [0.29, 0.717) is 25.9 Å². The number of hydrogen-bond donors (Lipinski definition) is 0. The van der Waals surface area contributed by atoms with Crippen LogP contribution in [0.25, 0.3) is 10.9 Å². The standard InChI is InChI=1S/C17H21N3O3S/c1-2-24(22,23)13-14-7-9-19(10-8-14)17(21)12-20-16-6-4-3-5-15(16)11-18-20/h2-6,11,14H,1,7-10,12-13H2. The van der Waals surface area contributed by atoms with Crippen molar-refractivity contribution in [3.63, 3.8) is 0 Å². The number of amides is 1. The lowest BCUT2D eigenvalue weighted by Gasteiger charge is -2.31. The lowest BCUT2D eigenvalue weighted by molar-refractivity contribution is -0.133. The molecule has 2 aromatic rings. The Morgan fingerprint density at radius 1 is 1.29 bits per heavy atom. The number of fused-ring (bicyclic) bond motifs is 1. The van der Waals surface area contributed by atoms with Crippen LogP contribution in [-0.2, 0) is 21.2 Å². The molecule has 1 fully saturated rings. The number of benzene rings is 1. The number of aromatic nitrogens is 2. The van der Waals surface area contributed by atoms with E-state index in [2.05, 4.69) is 11.7 Å². The number of piperidine rings is 1. The Labute approximate surface area is 141 Å². The predicted molar refractivity (Wildman–Crippen MR) is 93.0 cm³/mol. The third kappa shape index (κ3) is 3.67. The molecule has 0 unspecified atom stereocenters. The molecule has 0 N–H and O–H groups in total. The Morgan fingerprint density at radius 3 is 2.71 bits per heavy atom. The Hall–Kier alpha value is -2.15. The number of carbonyl (C=O) groups is 1. The van der Waals surface area contributed by atoms with Crippen molar-refractivity contribution in [3.05, 3.63) is 42.4 Å². The molecule has 0 radical (unpaired) electrons. The van der Waals surface area contributed by atoms with Crippen LogP contribution in [0.2, 0.25) is 0 Å². The highest BCUT2D eigenvalue weighted by atomic mass is 32.2. The van der Waals surface area contributed by atoms with Gasteiger partial charge < -0.3 is 4.90 Å². The first-order valence-corrected chi connectivity index (χ1v) is 9.73. The molecule has 24 heavy (non-hydrogen) atoms. The van der Waals surface area contributed by atoms with Crippen molar-refractivity contribution in [1.29, 1.82) is 0 Å². The maximum absolute atomic E-state index is 12.5.